The van der Waals surface area contributed by atoms with Crippen LogP contribution in [0.1, 0.15) is 12.5 Å². The third-order valence-corrected chi connectivity index (χ3v) is 5.10. The molecule has 0 radical (unpaired) electrons. The molecule has 3 nitrogen and oxygen atoms in total. The smallest absolute Gasteiger partial charge is 0.185 e. The number of hydrogen-bond donors (Lipinski definition) is 1. The standard InChI is InChI=1S/C13H20NO2PS/c1-10(15)18-9-12(14)8-11-4-6-13(7-5-11)17(2,3)16/h4-7,12H,8-9,14H2,1-3H3. The molecule has 1 unspecified atom stereocenters. The molecule has 0 heterocycles. The molecule has 18 heavy (non-hydrogen) atoms. The molecule has 1 aromatic rings. The van der Waals surface area contributed by atoms with Crippen molar-refractivity contribution in [3.8, 4) is 0 Å². The van der Waals surface area contributed by atoms with Crippen molar-refractivity contribution >= 4 is 29.3 Å². The molecule has 0 bridgehead atoms. The first-order valence-corrected chi connectivity index (χ1v) is 9.41. The highest BCUT2D eigenvalue weighted by Crippen LogP contribution is 2.34. The highest BCUT2D eigenvalue weighted by atomic mass is 32.2. The minimum Gasteiger partial charge on any atom is -0.327 e. The van der Waals surface area contributed by atoms with Gasteiger partial charge in [-0.1, -0.05) is 36.0 Å². The van der Waals surface area contributed by atoms with Gasteiger partial charge in [-0.05, 0) is 25.3 Å². The van der Waals surface area contributed by atoms with Gasteiger partial charge in [0.15, 0.2) is 5.12 Å². The van der Waals surface area contributed by atoms with Crippen LogP contribution < -0.4 is 11.0 Å². The Hall–Kier alpha value is -0.570. The summed E-state index contributed by atoms with van der Waals surface area (Å²) in [5, 5.41) is 0.983. The maximum Gasteiger partial charge on any atom is 0.185 e. The van der Waals surface area contributed by atoms with Crippen LogP contribution in [-0.4, -0.2) is 30.2 Å². The van der Waals surface area contributed by atoms with Gasteiger partial charge in [-0.2, -0.15) is 0 Å². The monoisotopic (exact) mass is 285 g/mol. The fourth-order valence-electron chi connectivity index (χ4n) is 1.58. The molecule has 1 atom stereocenters. The molecule has 0 aliphatic heterocycles. The van der Waals surface area contributed by atoms with E-state index in [0.29, 0.717) is 5.75 Å². The molecule has 0 aliphatic carbocycles. The molecular weight excluding hydrogens is 265 g/mol. The van der Waals surface area contributed by atoms with Gasteiger partial charge in [-0.3, -0.25) is 4.79 Å². The Balaban J connectivity index is 2.58. The Bertz CT molecular complexity index is 453. The summed E-state index contributed by atoms with van der Waals surface area (Å²) < 4.78 is 11.9. The summed E-state index contributed by atoms with van der Waals surface area (Å²) in [7, 11) is -2.18. The van der Waals surface area contributed by atoms with Crippen molar-refractivity contribution in [2.24, 2.45) is 5.73 Å². The topological polar surface area (TPSA) is 60.2 Å². The van der Waals surface area contributed by atoms with Gasteiger partial charge in [0, 0.05) is 24.0 Å². The van der Waals surface area contributed by atoms with Gasteiger partial charge in [-0.25, -0.2) is 0 Å². The van der Waals surface area contributed by atoms with Crippen LogP contribution >= 0.6 is 18.9 Å². The van der Waals surface area contributed by atoms with Gasteiger partial charge in [0.25, 0.3) is 0 Å². The van der Waals surface area contributed by atoms with Gasteiger partial charge in [-0.15, -0.1) is 0 Å². The van der Waals surface area contributed by atoms with Crippen LogP contribution in [0.15, 0.2) is 24.3 Å². The summed E-state index contributed by atoms with van der Waals surface area (Å²) >= 11 is 1.26. The lowest BCUT2D eigenvalue weighted by Crippen LogP contribution is -2.26. The van der Waals surface area contributed by atoms with Crippen molar-refractivity contribution < 1.29 is 9.36 Å². The number of rotatable bonds is 5. The van der Waals surface area contributed by atoms with Crippen LogP contribution in [0.25, 0.3) is 0 Å². The molecule has 5 heteroatoms. The van der Waals surface area contributed by atoms with Gasteiger partial charge in [0.05, 0.1) is 0 Å². The number of carbonyl (C=O) groups excluding carboxylic acids is 1. The maximum absolute atomic E-state index is 11.9. The molecule has 0 aliphatic rings. The minimum absolute atomic E-state index is 0.0280. The predicted molar refractivity (Wildman–Crippen MR) is 80.3 cm³/mol. The second-order valence-corrected chi connectivity index (χ2v) is 9.20. The van der Waals surface area contributed by atoms with Crippen molar-refractivity contribution in [1.82, 2.24) is 0 Å². The Labute approximate surface area is 113 Å². The normalized spacial score (nSPS) is 13.3. The first-order chi connectivity index (χ1) is 8.29. The Morgan fingerprint density at radius 2 is 1.89 bits per heavy atom. The quantitative estimate of drug-likeness (QED) is 0.842. The molecule has 0 saturated heterocycles. The average molecular weight is 285 g/mol. The average Bonchev–Trinajstić information content (AvgIpc) is 2.26. The van der Waals surface area contributed by atoms with Crippen molar-refractivity contribution in [3.63, 3.8) is 0 Å². The number of hydrogen-bond acceptors (Lipinski definition) is 4. The summed E-state index contributed by atoms with van der Waals surface area (Å²) in [5.41, 5.74) is 7.06. The maximum atomic E-state index is 11.9. The molecule has 0 fully saturated rings. The zero-order valence-corrected chi connectivity index (χ0v) is 12.8. The lowest BCUT2D eigenvalue weighted by atomic mass is 10.1. The second-order valence-electron chi connectivity index (χ2n) is 4.78. The van der Waals surface area contributed by atoms with Gasteiger partial charge < -0.3 is 10.3 Å². The predicted octanol–water partition coefficient (Wildman–Crippen LogP) is 2.08. The number of thioether (sulfide) groups is 1. The van der Waals surface area contributed by atoms with Crippen molar-refractivity contribution in [2.75, 3.05) is 19.1 Å². The molecule has 1 rings (SSSR count). The molecule has 100 valence electrons. The van der Waals surface area contributed by atoms with E-state index in [4.69, 9.17) is 5.73 Å². The van der Waals surface area contributed by atoms with Crippen LogP contribution in [-0.2, 0) is 15.8 Å². The van der Waals surface area contributed by atoms with Gasteiger partial charge in [0.1, 0.15) is 7.14 Å². The highest BCUT2D eigenvalue weighted by Gasteiger charge is 2.11. The fourth-order valence-corrected chi connectivity index (χ4v) is 3.01. The van der Waals surface area contributed by atoms with Gasteiger partial charge >= 0.3 is 0 Å². The van der Waals surface area contributed by atoms with E-state index in [1.54, 1.807) is 20.3 Å². The Kier molecular flexibility index (Phi) is 5.64. The molecule has 0 saturated carbocycles. The first kappa shape index (κ1) is 15.5. The summed E-state index contributed by atoms with van der Waals surface area (Å²) in [5.74, 6) is 0.636. The SMILES string of the molecule is CC(=O)SCC(N)Cc1ccc(P(C)(C)=O)cc1. The molecule has 0 aromatic heterocycles. The summed E-state index contributed by atoms with van der Waals surface area (Å²) in [6.45, 7) is 5.07. The fraction of sp³-hybridized carbons (Fsp3) is 0.462. The van der Waals surface area contributed by atoms with E-state index in [0.717, 1.165) is 17.3 Å². The third kappa shape index (κ3) is 5.38. The first-order valence-electron chi connectivity index (χ1n) is 5.82. The van der Waals surface area contributed by atoms with Crippen LogP contribution in [0.3, 0.4) is 0 Å². The van der Waals surface area contributed by atoms with Crippen molar-refractivity contribution in [3.05, 3.63) is 29.8 Å². The lowest BCUT2D eigenvalue weighted by Gasteiger charge is -2.12. The zero-order chi connectivity index (χ0) is 13.8. The Morgan fingerprint density at radius 3 is 2.33 bits per heavy atom. The van der Waals surface area contributed by atoms with Gasteiger partial charge in [0.2, 0.25) is 0 Å². The molecular formula is C13H20NO2PS. The summed E-state index contributed by atoms with van der Waals surface area (Å²) in [4.78, 5) is 10.8. The molecule has 0 amide bonds. The van der Waals surface area contributed by atoms with E-state index in [-0.39, 0.29) is 11.2 Å². The molecule has 1 aromatic carbocycles. The van der Waals surface area contributed by atoms with Crippen LogP contribution in [0.5, 0.6) is 0 Å². The minimum atomic E-state index is -2.18. The van der Waals surface area contributed by atoms with E-state index in [1.807, 2.05) is 24.3 Å². The van der Waals surface area contributed by atoms with E-state index in [2.05, 4.69) is 0 Å². The van der Waals surface area contributed by atoms with E-state index < -0.39 is 7.14 Å². The highest BCUT2D eigenvalue weighted by molar-refractivity contribution is 8.13. The van der Waals surface area contributed by atoms with E-state index in [9.17, 15) is 9.36 Å². The van der Waals surface area contributed by atoms with Crippen molar-refractivity contribution in [2.45, 2.75) is 19.4 Å². The zero-order valence-electron chi connectivity index (χ0n) is 11.1. The summed E-state index contributed by atoms with van der Waals surface area (Å²) in [6, 6.07) is 7.71. The number of carbonyl (C=O) groups is 1. The van der Waals surface area contributed by atoms with Crippen molar-refractivity contribution in [1.29, 1.82) is 0 Å². The molecule has 2 N–H and O–H groups in total. The van der Waals surface area contributed by atoms with E-state index in [1.165, 1.54) is 11.8 Å². The van der Waals surface area contributed by atoms with E-state index >= 15 is 0 Å². The van der Waals surface area contributed by atoms with Crippen LogP contribution in [0.4, 0.5) is 0 Å². The lowest BCUT2D eigenvalue weighted by molar-refractivity contribution is -0.109. The Morgan fingerprint density at radius 1 is 1.33 bits per heavy atom. The molecule has 0 spiro atoms. The second kappa shape index (κ2) is 6.55. The van der Waals surface area contributed by atoms with Crippen LogP contribution in [0.2, 0.25) is 0 Å². The van der Waals surface area contributed by atoms with Crippen LogP contribution in [0, 0.1) is 0 Å². The third-order valence-electron chi connectivity index (χ3n) is 2.56. The number of nitrogens with two attached hydrogens (primary N) is 1. The number of benzene rings is 1. The summed E-state index contributed by atoms with van der Waals surface area (Å²) in [6.07, 6.45) is 0.734. The largest absolute Gasteiger partial charge is 0.327 e.